The fourth-order valence-electron chi connectivity index (χ4n) is 2.73. The molecule has 0 fully saturated rings. The maximum atomic E-state index is 12.9. The van der Waals surface area contributed by atoms with Crippen LogP contribution in [0, 0.1) is 0 Å². The molecule has 0 aliphatic heterocycles. The van der Waals surface area contributed by atoms with Gasteiger partial charge in [0.15, 0.2) is 0 Å². The summed E-state index contributed by atoms with van der Waals surface area (Å²) in [4.78, 5) is 14.3. The van der Waals surface area contributed by atoms with Gasteiger partial charge in [-0.3, -0.25) is 4.79 Å². The first-order chi connectivity index (χ1) is 12.7. The molecule has 3 aromatic rings. The lowest BCUT2D eigenvalue weighted by Crippen LogP contribution is -2.27. The number of sulfonamides is 1. The highest BCUT2D eigenvalue weighted by Crippen LogP contribution is 2.27. The van der Waals surface area contributed by atoms with Crippen LogP contribution in [0.1, 0.15) is 10.4 Å². The second kappa shape index (κ2) is 7.31. The molecule has 140 valence electrons. The molecule has 0 aromatic heterocycles. The van der Waals surface area contributed by atoms with Gasteiger partial charge in [0.1, 0.15) is 4.90 Å². The third-order valence-corrected chi connectivity index (χ3v) is 6.66. The van der Waals surface area contributed by atoms with Crippen molar-refractivity contribution in [2.75, 3.05) is 26.0 Å². The quantitative estimate of drug-likeness (QED) is 0.662. The summed E-state index contributed by atoms with van der Waals surface area (Å²) in [5.74, 6) is -0.322. The van der Waals surface area contributed by atoms with Crippen molar-refractivity contribution < 1.29 is 13.2 Å². The fourth-order valence-corrected chi connectivity index (χ4v) is 4.12. The molecule has 0 radical (unpaired) electrons. The van der Waals surface area contributed by atoms with E-state index < -0.39 is 10.0 Å². The highest BCUT2D eigenvalue weighted by atomic mass is 35.5. The van der Waals surface area contributed by atoms with Gasteiger partial charge in [0.05, 0.1) is 5.02 Å². The van der Waals surface area contributed by atoms with E-state index in [0.29, 0.717) is 5.69 Å². The molecule has 1 amide bonds. The number of hydrogen-bond acceptors (Lipinski definition) is 3. The van der Waals surface area contributed by atoms with Gasteiger partial charge >= 0.3 is 0 Å². The number of carbonyl (C=O) groups is 1. The summed E-state index contributed by atoms with van der Waals surface area (Å²) in [5.41, 5.74) is 0.959. The van der Waals surface area contributed by atoms with Crippen LogP contribution in [-0.4, -0.2) is 39.8 Å². The van der Waals surface area contributed by atoms with Gasteiger partial charge in [-0.25, -0.2) is 12.7 Å². The molecular formula is C20H19ClN2O3S. The van der Waals surface area contributed by atoms with E-state index in [-0.39, 0.29) is 21.4 Å². The lowest BCUT2D eigenvalue weighted by Gasteiger charge is -2.19. The second-order valence-corrected chi connectivity index (χ2v) is 8.86. The zero-order chi connectivity index (χ0) is 19.8. The van der Waals surface area contributed by atoms with E-state index in [1.54, 1.807) is 7.05 Å². The van der Waals surface area contributed by atoms with Crippen LogP contribution in [0.25, 0.3) is 10.8 Å². The van der Waals surface area contributed by atoms with Crippen LogP contribution in [0.3, 0.4) is 0 Å². The van der Waals surface area contributed by atoms with E-state index in [2.05, 4.69) is 0 Å². The smallest absolute Gasteiger partial charge is 0.258 e. The topological polar surface area (TPSA) is 57.7 Å². The molecule has 3 aromatic carbocycles. The van der Waals surface area contributed by atoms with Crippen LogP contribution in [0.2, 0.25) is 5.02 Å². The lowest BCUT2D eigenvalue weighted by atomic mass is 10.1. The number of benzene rings is 3. The summed E-state index contributed by atoms with van der Waals surface area (Å²) in [6.07, 6.45) is 0. The summed E-state index contributed by atoms with van der Waals surface area (Å²) in [5, 5.41) is 2.17. The van der Waals surface area contributed by atoms with Crippen LogP contribution < -0.4 is 4.90 Å². The molecule has 0 aliphatic carbocycles. The van der Waals surface area contributed by atoms with Gasteiger partial charge in [0, 0.05) is 32.4 Å². The molecular weight excluding hydrogens is 384 g/mol. The van der Waals surface area contributed by atoms with Crippen LogP contribution in [0.15, 0.2) is 65.6 Å². The van der Waals surface area contributed by atoms with E-state index >= 15 is 0 Å². The summed E-state index contributed by atoms with van der Waals surface area (Å²) in [6.45, 7) is 0. The van der Waals surface area contributed by atoms with Crippen LogP contribution >= 0.6 is 11.6 Å². The average Bonchev–Trinajstić information content (AvgIpc) is 2.66. The zero-order valence-corrected chi connectivity index (χ0v) is 16.8. The van der Waals surface area contributed by atoms with Crippen molar-refractivity contribution in [3.8, 4) is 0 Å². The molecule has 0 unspecified atom stereocenters. The molecule has 0 bridgehead atoms. The highest BCUT2D eigenvalue weighted by Gasteiger charge is 2.23. The Kier molecular flexibility index (Phi) is 5.24. The largest absolute Gasteiger partial charge is 0.311 e. The molecule has 0 N–H and O–H groups in total. The standard InChI is InChI=1S/C20H19ClN2O3S/c1-22(2)27(25,26)19-13-16(9-11-18(19)21)20(24)23(3)17-10-8-14-6-4-5-7-15(14)12-17/h4-13H,1-3H3. The predicted molar refractivity (Wildman–Crippen MR) is 109 cm³/mol. The minimum Gasteiger partial charge on any atom is -0.311 e. The van der Waals surface area contributed by atoms with E-state index in [1.165, 1.54) is 37.2 Å². The number of rotatable bonds is 4. The molecule has 0 spiro atoms. The van der Waals surface area contributed by atoms with Crippen LogP contribution in [0.4, 0.5) is 5.69 Å². The molecule has 27 heavy (non-hydrogen) atoms. The molecule has 0 saturated carbocycles. The van der Waals surface area contributed by atoms with Gasteiger partial charge in [-0.05, 0) is 41.1 Å². The van der Waals surface area contributed by atoms with Gasteiger partial charge in [0.2, 0.25) is 10.0 Å². The Hall–Kier alpha value is -2.41. The summed E-state index contributed by atoms with van der Waals surface area (Å²) < 4.78 is 25.9. The van der Waals surface area contributed by atoms with Crippen molar-refractivity contribution in [1.82, 2.24) is 4.31 Å². The molecule has 7 heteroatoms. The third-order valence-electron chi connectivity index (χ3n) is 4.36. The van der Waals surface area contributed by atoms with E-state index in [0.717, 1.165) is 15.1 Å². The normalized spacial score (nSPS) is 11.7. The van der Waals surface area contributed by atoms with Crippen LogP contribution in [0.5, 0.6) is 0 Å². The number of amides is 1. The van der Waals surface area contributed by atoms with Crippen molar-refractivity contribution in [3.05, 3.63) is 71.2 Å². The summed E-state index contributed by atoms with van der Waals surface area (Å²) in [7, 11) is 0.738. The molecule has 0 heterocycles. The third kappa shape index (κ3) is 3.69. The Bertz CT molecular complexity index is 1130. The maximum absolute atomic E-state index is 12.9. The SMILES string of the molecule is CN(C(=O)c1ccc(Cl)c(S(=O)(=O)N(C)C)c1)c1ccc2ccccc2c1. The van der Waals surface area contributed by atoms with E-state index in [4.69, 9.17) is 11.6 Å². The van der Waals surface area contributed by atoms with Gasteiger partial charge in [-0.15, -0.1) is 0 Å². The van der Waals surface area contributed by atoms with Crippen molar-refractivity contribution in [2.45, 2.75) is 4.90 Å². The van der Waals surface area contributed by atoms with Crippen molar-refractivity contribution >= 4 is 44.0 Å². The monoisotopic (exact) mass is 402 g/mol. The number of nitrogens with zero attached hydrogens (tertiary/aromatic N) is 2. The molecule has 0 aliphatic rings. The van der Waals surface area contributed by atoms with E-state index in [1.807, 2.05) is 42.5 Å². The molecule has 5 nitrogen and oxygen atoms in total. The molecule has 3 rings (SSSR count). The predicted octanol–water partition coefficient (Wildman–Crippen LogP) is 4.02. The molecule has 0 atom stereocenters. The number of halogens is 1. The van der Waals surface area contributed by atoms with Gasteiger partial charge < -0.3 is 4.90 Å². The molecule has 0 saturated heterocycles. The Morgan fingerprint density at radius 1 is 0.889 bits per heavy atom. The van der Waals surface area contributed by atoms with Gasteiger partial charge in [-0.2, -0.15) is 0 Å². The first kappa shape index (κ1) is 19.4. The zero-order valence-electron chi connectivity index (χ0n) is 15.2. The van der Waals surface area contributed by atoms with Crippen LogP contribution in [-0.2, 0) is 10.0 Å². The Morgan fingerprint density at radius 2 is 1.56 bits per heavy atom. The summed E-state index contributed by atoms with van der Waals surface area (Å²) >= 11 is 6.06. The van der Waals surface area contributed by atoms with Gasteiger partial charge in [0.25, 0.3) is 5.91 Å². The minimum absolute atomic E-state index is 0.0774. The van der Waals surface area contributed by atoms with Crippen molar-refractivity contribution in [2.24, 2.45) is 0 Å². The van der Waals surface area contributed by atoms with E-state index in [9.17, 15) is 13.2 Å². The average molecular weight is 403 g/mol. The van der Waals surface area contributed by atoms with Crippen molar-refractivity contribution in [3.63, 3.8) is 0 Å². The first-order valence-electron chi connectivity index (χ1n) is 8.21. The Balaban J connectivity index is 1.99. The second-order valence-electron chi connectivity index (χ2n) is 6.33. The first-order valence-corrected chi connectivity index (χ1v) is 10.0. The Morgan fingerprint density at radius 3 is 2.22 bits per heavy atom. The highest BCUT2D eigenvalue weighted by molar-refractivity contribution is 7.89. The fraction of sp³-hybridized carbons (Fsp3) is 0.150. The maximum Gasteiger partial charge on any atom is 0.258 e. The minimum atomic E-state index is -3.75. The van der Waals surface area contributed by atoms with Crippen molar-refractivity contribution in [1.29, 1.82) is 0 Å². The number of hydrogen-bond donors (Lipinski definition) is 0. The lowest BCUT2D eigenvalue weighted by molar-refractivity contribution is 0.0993. The number of anilines is 1. The summed E-state index contributed by atoms with van der Waals surface area (Å²) in [6, 6.07) is 17.9. The number of fused-ring (bicyclic) bond motifs is 1. The number of carbonyl (C=O) groups excluding carboxylic acids is 1. The van der Waals surface area contributed by atoms with Gasteiger partial charge in [-0.1, -0.05) is 41.9 Å². The Labute approximate surface area is 163 Å².